The van der Waals surface area contributed by atoms with E-state index >= 15 is 0 Å². The maximum absolute atomic E-state index is 12.7. The highest BCUT2D eigenvalue weighted by Crippen LogP contribution is 2.35. The zero-order valence-electron chi connectivity index (χ0n) is 15.7. The Morgan fingerprint density at radius 3 is 2.74 bits per heavy atom. The van der Waals surface area contributed by atoms with Gasteiger partial charge in [-0.15, -0.1) is 0 Å². The third kappa shape index (κ3) is 3.38. The van der Waals surface area contributed by atoms with Gasteiger partial charge in [0.1, 0.15) is 0 Å². The molecule has 27 heavy (non-hydrogen) atoms. The molecule has 6 nitrogen and oxygen atoms in total. The van der Waals surface area contributed by atoms with Crippen molar-refractivity contribution in [1.29, 1.82) is 0 Å². The summed E-state index contributed by atoms with van der Waals surface area (Å²) in [6.45, 7) is 3.29. The minimum atomic E-state index is -0.371. The lowest BCUT2D eigenvalue weighted by molar-refractivity contribution is -0.258. The number of nitrogen functional groups attached to an aromatic ring is 1. The minimum absolute atomic E-state index is 0.0362. The summed E-state index contributed by atoms with van der Waals surface area (Å²) in [7, 11) is 1.79. The second-order valence-corrected chi connectivity index (χ2v) is 7.42. The van der Waals surface area contributed by atoms with Crippen LogP contribution in [0.5, 0.6) is 0 Å². The van der Waals surface area contributed by atoms with Crippen molar-refractivity contribution in [3.8, 4) is 0 Å². The highest BCUT2D eigenvalue weighted by molar-refractivity contribution is 5.79. The third-order valence-electron chi connectivity index (χ3n) is 5.40. The molecule has 0 aliphatic carbocycles. The van der Waals surface area contributed by atoms with Crippen LogP contribution in [0, 0.1) is 0 Å². The van der Waals surface area contributed by atoms with Gasteiger partial charge in [0.25, 0.3) is 0 Å². The van der Waals surface area contributed by atoms with Crippen molar-refractivity contribution in [2.45, 2.75) is 38.2 Å². The Morgan fingerprint density at radius 2 is 1.96 bits per heavy atom. The number of aromatic nitrogens is 2. The molecular weight excluding hydrogens is 342 g/mol. The first-order valence-corrected chi connectivity index (χ1v) is 9.26. The Labute approximate surface area is 158 Å². The van der Waals surface area contributed by atoms with Crippen molar-refractivity contribution in [2.24, 2.45) is 7.05 Å². The molecule has 6 heteroatoms. The normalized spacial score (nSPS) is 23.0. The maximum Gasteiger partial charge on any atom is 0.328 e. The molecular formula is C21H25N3O3. The highest BCUT2D eigenvalue weighted by atomic mass is 16.7. The van der Waals surface area contributed by atoms with Crippen molar-refractivity contribution >= 4 is 16.7 Å². The molecule has 3 aromatic rings. The number of aryl methyl sites for hydroxylation is 2. The van der Waals surface area contributed by atoms with E-state index in [9.17, 15) is 4.79 Å². The lowest BCUT2D eigenvalue weighted by Crippen LogP contribution is -2.39. The molecule has 2 aromatic carbocycles. The number of hydrogen-bond donors (Lipinski definition) is 1. The van der Waals surface area contributed by atoms with Gasteiger partial charge >= 0.3 is 5.69 Å². The predicted molar refractivity (Wildman–Crippen MR) is 105 cm³/mol. The van der Waals surface area contributed by atoms with Crippen LogP contribution >= 0.6 is 0 Å². The summed E-state index contributed by atoms with van der Waals surface area (Å²) in [5.74, 6) is 0. The lowest BCUT2D eigenvalue weighted by Gasteiger charge is -2.39. The SMILES string of the molecule is Cn1c(=O)n(CCC2(C)CCOC(c3ccccc3)O2)c2cc(N)ccc21. The van der Waals surface area contributed by atoms with E-state index in [0.29, 0.717) is 25.3 Å². The quantitative estimate of drug-likeness (QED) is 0.719. The van der Waals surface area contributed by atoms with Crippen molar-refractivity contribution < 1.29 is 9.47 Å². The van der Waals surface area contributed by atoms with Crippen LogP contribution in [0.1, 0.15) is 31.6 Å². The highest BCUT2D eigenvalue weighted by Gasteiger charge is 2.34. The average molecular weight is 367 g/mol. The number of benzene rings is 2. The van der Waals surface area contributed by atoms with E-state index < -0.39 is 0 Å². The van der Waals surface area contributed by atoms with Gasteiger partial charge in [-0.2, -0.15) is 0 Å². The van der Waals surface area contributed by atoms with Crippen LogP contribution in [0.4, 0.5) is 5.69 Å². The Morgan fingerprint density at radius 1 is 1.19 bits per heavy atom. The molecule has 4 rings (SSSR count). The molecule has 0 radical (unpaired) electrons. The van der Waals surface area contributed by atoms with Crippen molar-refractivity contribution in [3.63, 3.8) is 0 Å². The second-order valence-electron chi connectivity index (χ2n) is 7.42. The summed E-state index contributed by atoms with van der Waals surface area (Å²) < 4.78 is 15.6. The Hall–Kier alpha value is -2.57. The topological polar surface area (TPSA) is 71.4 Å². The van der Waals surface area contributed by atoms with E-state index in [1.807, 2.05) is 48.5 Å². The first kappa shape index (κ1) is 17.8. The smallest absolute Gasteiger partial charge is 0.328 e. The molecule has 2 heterocycles. The molecule has 142 valence electrons. The van der Waals surface area contributed by atoms with E-state index in [-0.39, 0.29) is 17.6 Å². The standard InChI is InChI=1S/C21H25N3O3/c1-21(11-13-26-19(27-21)15-6-4-3-5-7-15)10-12-24-18-14-16(22)8-9-17(18)23(2)20(24)25/h3-9,14,19H,10-13,22H2,1-2H3. The second kappa shape index (κ2) is 6.87. The van der Waals surface area contributed by atoms with Gasteiger partial charge in [-0.1, -0.05) is 30.3 Å². The van der Waals surface area contributed by atoms with Gasteiger partial charge in [0.2, 0.25) is 0 Å². The Kier molecular flexibility index (Phi) is 4.53. The molecule has 1 aromatic heterocycles. The summed E-state index contributed by atoms with van der Waals surface area (Å²) in [6.07, 6.45) is 1.13. The first-order valence-electron chi connectivity index (χ1n) is 9.26. The molecule has 2 atom stereocenters. The van der Waals surface area contributed by atoms with Crippen LogP contribution in [0.15, 0.2) is 53.3 Å². The molecule has 0 bridgehead atoms. The van der Waals surface area contributed by atoms with Gasteiger partial charge in [-0.3, -0.25) is 9.13 Å². The van der Waals surface area contributed by atoms with E-state index in [1.54, 1.807) is 16.2 Å². The fourth-order valence-corrected chi connectivity index (χ4v) is 3.68. The van der Waals surface area contributed by atoms with Crippen molar-refractivity contribution in [1.82, 2.24) is 9.13 Å². The fourth-order valence-electron chi connectivity index (χ4n) is 3.68. The Bertz CT molecular complexity index is 1010. The number of ether oxygens (including phenoxy) is 2. The number of imidazole rings is 1. The minimum Gasteiger partial charge on any atom is -0.399 e. The summed E-state index contributed by atoms with van der Waals surface area (Å²) in [5.41, 5.74) is 8.94. The van der Waals surface area contributed by atoms with Gasteiger partial charge in [-0.25, -0.2) is 4.79 Å². The number of hydrogen-bond acceptors (Lipinski definition) is 4. The van der Waals surface area contributed by atoms with E-state index in [2.05, 4.69) is 6.92 Å². The van der Waals surface area contributed by atoms with Crippen LogP contribution in [-0.4, -0.2) is 21.3 Å². The van der Waals surface area contributed by atoms with E-state index in [1.165, 1.54) is 0 Å². The summed E-state index contributed by atoms with van der Waals surface area (Å²) in [5, 5.41) is 0. The van der Waals surface area contributed by atoms with Gasteiger partial charge in [0, 0.05) is 24.8 Å². The summed E-state index contributed by atoms with van der Waals surface area (Å²) in [6, 6.07) is 15.5. The van der Waals surface area contributed by atoms with Crippen LogP contribution in [-0.2, 0) is 23.1 Å². The van der Waals surface area contributed by atoms with Crippen LogP contribution in [0.25, 0.3) is 11.0 Å². The number of anilines is 1. The lowest BCUT2D eigenvalue weighted by atomic mass is 9.96. The molecule has 0 spiro atoms. The molecule has 2 N–H and O–H groups in total. The van der Waals surface area contributed by atoms with Gasteiger partial charge in [0.15, 0.2) is 6.29 Å². The van der Waals surface area contributed by atoms with Gasteiger partial charge in [-0.05, 0) is 38.0 Å². The molecule has 1 saturated heterocycles. The first-order chi connectivity index (χ1) is 13.0. The average Bonchev–Trinajstić information content (AvgIpc) is 2.91. The summed E-state index contributed by atoms with van der Waals surface area (Å²) in [4.78, 5) is 12.7. The van der Waals surface area contributed by atoms with Crippen molar-refractivity contribution in [3.05, 3.63) is 64.6 Å². The van der Waals surface area contributed by atoms with Crippen molar-refractivity contribution in [2.75, 3.05) is 12.3 Å². The number of nitrogens with zero attached hydrogens (tertiary/aromatic N) is 2. The molecule has 1 aliphatic heterocycles. The van der Waals surface area contributed by atoms with Gasteiger partial charge < -0.3 is 15.2 Å². The number of fused-ring (bicyclic) bond motifs is 1. The third-order valence-corrected chi connectivity index (χ3v) is 5.40. The predicted octanol–water partition coefficient (Wildman–Crippen LogP) is 3.21. The fraction of sp³-hybridized carbons (Fsp3) is 0.381. The Balaban J connectivity index is 1.56. The van der Waals surface area contributed by atoms with E-state index in [4.69, 9.17) is 15.2 Å². The van der Waals surface area contributed by atoms with Crippen LogP contribution in [0.3, 0.4) is 0 Å². The largest absolute Gasteiger partial charge is 0.399 e. The molecule has 1 fully saturated rings. The molecule has 1 aliphatic rings. The van der Waals surface area contributed by atoms with Crippen LogP contribution < -0.4 is 11.4 Å². The summed E-state index contributed by atoms with van der Waals surface area (Å²) >= 11 is 0. The maximum atomic E-state index is 12.7. The van der Waals surface area contributed by atoms with Crippen LogP contribution in [0.2, 0.25) is 0 Å². The zero-order valence-corrected chi connectivity index (χ0v) is 15.7. The van der Waals surface area contributed by atoms with Gasteiger partial charge in [0.05, 0.1) is 23.2 Å². The molecule has 2 unspecified atom stereocenters. The number of nitrogens with two attached hydrogens (primary N) is 1. The molecule has 0 amide bonds. The monoisotopic (exact) mass is 367 g/mol. The zero-order chi connectivity index (χ0) is 19.0. The number of rotatable bonds is 4. The molecule has 0 saturated carbocycles. The van der Waals surface area contributed by atoms with E-state index in [0.717, 1.165) is 23.0 Å².